The molecule has 1 amide bonds. The van der Waals surface area contributed by atoms with Crippen molar-refractivity contribution in [1.29, 1.82) is 0 Å². The number of amides is 1. The summed E-state index contributed by atoms with van der Waals surface area (Å²) in [4.78, 5) is 24.7. The Bertz CT molecular complexity index is 470. The van der Waals surface area contributed by atoms with Gasteiger partial charge in [0, 0.05) is 12.6 Å². The maximum Gasteiger partial charge on any atom is 0.326 e. The minimum atomic E-state index is -1.01. The molecule has 5 heteroatoms. The van der Waals surface area contributed by atoms with Gasteiger partial charge in [-0.25, -0.2) is 4.79 Å². The summed E-state index contributed by atoms with van der Waals surface area (Å²) >= 11 is 0. The van der Waals surface area contributed by atoms with Crippen molar-refractivity contribution < 1.29 is 19.4 Å². The van der Waals surface area contributed by atoms with E-state index in [1.807, 2.05) is 0 Å². The van der Waals surface area contributed by atoms with Crippen LogP contribution in [0.3, 0.4) is 0 Å². The van der Waals surface area contributed by atoms with E-state index in [-0.39, 0.29) is 11.8 Å². The molecule has 1 atom stereocenters. The minimum Gasteiger partial charge on any atom is -0.497 e. The maximum absolute atomic E-state index is 12.3. The Balaban J connectivity index is 3.00. The molecule has 19 heavy (non-hydrogen) atoms. The summed E-state index contributed by atoms with van der Waals surface area (Å²) in [5.74, 6) is -0.943. The molecule has 1 aromatic rings. The van der Waals surface area contributed by atoms with Crippen LogP contribution in [0.4, 0.5) is 0 Å². The van der Waals surface area contributed by atoms with Gasteiger partial charge in [-0.2, -0.15) is 0 Å². The first-order valence-corrected chi connectivity index (χ1v) is 6.02. The van der Waals surface area contributed by atoms with Gasteiger partial charge in [-0.05, 0) is 24.1 Å². The summed E-state index contributed by atoms with van der Waals surface area (Å²) in [6.45, 7) is 3.54. The number of carbonyl (C=O) groups excluding carboxylic acids is 1. The van der Waals surface area contributed by atoms with E-state index in [9.17, 15) is 14.7 Å². The molecule has 0 aliphatic heterocycles. The molecule has 0 radical (unpaired) electrons. The van der Waals surface area contributed by atoms with Crippen LogP contribution in [-0.2, 0) is 4.79 Å². The molecule has 0 saturated heterocycles. The van der Waals surface area contributed by atoms with Crippen LogP contribution in [0.5, 0.6) is 5.75 Å². The van der Waals surface area contributed by atoms with Crippen molar-refractivity contribution in [2.45, 2.75) is 19.9 Å². The lowest BCUT2D eigenvalue weighted by molar-refractivity contribution is -0.143. The van der Waals surface area contributed by atoms with Crippen molar-refractivity contribution in [2.75, 3.05) is 14.2 Å². The van der Waals surface area contributed by atoms with Crippen LogP contribution >= 0.6 is 0 Å². The predicted molar refractivity (Wildman–Crippen MR) is 71.3 cm³/mol. The molecular weight excluding hydrogens is 246 g/mol. The summed E-state index contributed by atoms with van der Waals surface area (Å²) in [6, 6.07) is 5.82. The molecule has 1 aromatic carbocycles. The molecule has 0 aliphatic carbocycles. The van der Waals surface area contributed by atoms with Crippen LogP contribution in [0, 0.1) is 5.92 Å². The molecule has 0 heterocycles. The number of nitrogens with zero attached hydrogens (tertiary/aromatic N) is 1. The fourth-order valence-corrected chi connectivity index (χ4v) is 1.98. The molecule has 1 N–H and O–H groups in total. The molecule has 1 unspecified atom stereocenters. The Morgan fingerprint density at radius 3 is 2.42 bits per heavy atom. The number of hydrogen-bond donors (Lipinski definition) is 1. The first-order valence-electron chi connectivity index (χ1n) is 6.02. The number of aliphatic carboxylic acids is 1. The van der Waals surface area contributed by atoms with Crippen LogP contribution < -0.4 is 4.74 Å². The second-order valence-corrected chi connectivity index (χ2v) is 4.68. The molecule has 0 spiro atoms. The average Bonchev–Trinajstić information content (AvgIpc) is 2.37. The highest BCUT2D eigenvalue weighted by molar-refractivity contribution is 5.96. The van der Waals surface area contributed by atoms with Gasteiger partial charge in [0.05, 0.1) is 7.11 Å². The minimum absolute atomic E-state index is 0.169. The first kappa shape index (κ1) is 15.0. The Hall–Kier alpha value is -2.04. The van der Waals surface area contributed by atoms with E-state index in [0.717, 1.165) is 0 Å². The van der Waals surface area contributed by atoms with E-state index in [2.05, 4.69) is 0 Å². The molecule has 104 valence electrons. The quantitative estimate of drug-likeness (QED) is 0.882. The number of carboxylic acids is 1. The standard InChI is InChI=1S/C14H19NO4/c1-9(2)12(14(17)18)15(3)13(16)10-6-5-7-11(8-10)19-4/h5-9,12H,1-4H3,(H,17,18). The van der Waals surface area contributed by atoms with Crippen molar-refractivity contribution in [3.63, 3.8) is 0 Å². The smallest absolute Gasteiger partial charge is 0.326 e. The molecule has 0 aromatic heterocycles. The Morgan fingerprint density at radius 2 is 1.95 bits per heavy atom. The number of benzene rings is 1. The molecule has 0 bridgehead atoms. The number of methoxy groups -OCH3 is 1. The maximum atomic E-state index is 12.3. The van der Waals surface area contributed by atoms with Crippen molar-refractivity contribution in [1.82, 2.24) is 4.90 Å². The van der Waals surface area contributed by atoms with Crippen molar-refractivity contribution in [3.05, 3.63) is 29.8 Å². The molecular formula is C14H19NO4. The average molecular weight is 265 g/mol. The van der Waals surface area contributed by atoms with E-state index in [1.165, 1.54) is 19.1 Å². The van der Waals surface area contributed by atoms with E-state index in [1.54, 1.807) is 38.1 Å². The lowest BCUT2D eigenvalue weighted by Crippen LogP contribution is -2.45. The van der Waals surface area contributed by atoms with Crippen LogP contribution in [0.15, 0.2) is 24.3 Å². The highest BCUT2D eigenvalue weighted by atomic mass is 16.5. The Morgan fingerprint density at radius 1 is 1.32 bits per heavy atom. The number of ether oxygens (including phenoxy) is 1. The normalized spacial score (nSPS) is 12.1. The highest BCUT2D eigenvalue weighted by Crippen LogP contribution is 2.17. The summed E-state index contributed by atoms with van der Waals surface area (Å²) < 4.78 is 5.05. The van der Waals surface area contributed by atoms with Crippen molar-refractivity contribution in [3.8, 4) is 5.75 Å². The molecule has 0 aliphatic rings. The third kappa shape index (κ3) is 3.47. The third-order valence-electron chi connectivity index (χ3n) is 2.94. The number of likely N-dealkylation sites (N-methyl/N-ethyl adjacent to an activating group) is 1. The van der Waals surface area contributed by atoms with E-state index >= 15 is 0 Å². The van der Waals surface area contributed by atoms with Gasteiger partial charge in [0.15, 0.2) is 0 Å². The zero-order valence-corrected chi connectivity index (χ0v) is 11.6. The van der Waals surface area contributed by atoms with E-state index < -0.39 is 12.0 Å². The molecule has 1 rings (SSSR count). The summed E-state index contributed by atoms with van der Waals surface area (Å²) in [7, 11) is 3.02. The Kier molecular flexibility index (Phi) is 4.92. The van der Waals surface area contributed by atoms with Crippen LogP contribution in [-0.4, -0.2) is 42.1 Å². The molecule has 0 fully saturated rings. The lowest BCUT2D eigenvalue weighted by Gasteiger charge is -2.27. The summed E-state index contributed by atoms with van der Waals surface area (Å²) in [5, 5.41) is 9.19. The van der Waals surface area contributed by atoms with Crippen LogP contribution in [0.2, 0.25) is 0 Å². The van der Waals surface area contributed by atoms with Gasteiger partial charge in [-0.15, -0.1) is 0 Å². The van der Waals surface area contributed by atoms with E-state index in [0.29, 0.717) is 11.3 Å². The van der Waals surface area contributed by atoms with Gasteiger partial charge in [0.25, 0.3) is 5.91 Å². The lowest BCUT2D eigenvalue weighted by atomic mass is 10.0. The predicted octanol–water partition coefficient (Wildman–Crippen LogP) is 1.88. The van der Waals surface area contributed by atoms with Gasteiger partial charge in [-0.3, -0.25) is 4.79 Å². The SMILES string of the molecule is COc1cccc(C(=O)N(C)C(C(=O)O)C(C)C)c1. The zero-order valence-electron chi connectivity index (χ0n) is 11.6. The van der Waals surface area contributed by atoms with E-state index in [4.69, 9.17) is 4.74 Å². The first-order chi connectivity index (χ1) is 8.88. The van der Waals surface area contributed by atoms with Gasteiger partial charge < -0.3 is 14.7 Å². The van der Waals surface area contributed by atoms with Crippen LogP contribution in [0.25, 0.3) is 0 Å². The number of rotatable bonds is 5. The molecule has 0 saturated carbocycles. The second-order valence-electron chi connectivity index (χ2n) is 4.68. The van der Waals surface area contributed by atoms with Crippen LogP contribution in [0.1, 0.15) is 24.2 Å². The largest absolute Gasteiger partial charge is 0.497 e. The fourth-order valence-electron chi connectivity index (χ4n) is 1.98. The number of hydrogen-bond acceptors (Lipinski definition) is 3. The zero-order chi connectivity index (χ0) is 14.6. The number of carbonyl (C=O) groups is 2. The van der Waals surface area contributed by atoms with Gasteiger partial charge in [-0.1, -0.05) is 19.9 Å². The van der Waals surface area contributed by atoms with Gasteiger partial charge >= 0.3 is 5.97 Å². The van der Waals surface area contributed by atoms with Gasteiger partial charge in [0.1, 0.15) is 11.8 Å². The molecule has 5 nitrogen and oxygen atoms in total. The van der Waals surface area contributed by atoms with Crippen molar-refractivity contribution in [2.24, 2.45) is 5.92 Å². The third-order valence-corrected chi connectivity index (χ3v) is 2.94. The summed E-state index contributed by atoms with van der Waals surface area (Å²) in [6.07, 6.45) is 0. The summed E-state index contributed by atoms with van der Waals surface area (Å²) in [5.41, 5.74) is 0.411. The fraction of sp³-hybridized carbons (Fsp3) is 0.429. The monoisotopic (exact) mass is 265 g/mol. The Labute approximate surface area is 112 Å². The topological polar surface area (TPSA) is 66.8 Å². The second kappa shape index (κ2) is 6.22. The highest BCUT2D eigenvalue weighted by Gasteiger charge is 2.30. The van der Waals surface area contributed by atoms with Gasteiger partial charge in [0.2, 0.25) is 0 Å². The number of carboxylic acid groups (broad SMARTS) is 1. The van der Waals surface area contributed by atoms with Crippen molar-refractivity contribution >= 4 is 11.9 Å².